The Morgan fingerprint density at radius 2 is 2.18 bits per heavy atom. The summed E-state index contributed by atoms with van der Waals surface area (Å²) in [6.45, 7) is 4.00. The van der Waals surface area contributed by atoms with E-state index in [1.165, 1.54) is 22.2 Å². The molecule has 7 heteroatoms. The summed E-state index contributed by atoms with van der Waals surface area (Å²) in [6.07, 6.45) is 2.75. The van der Waals surface area contributed by atoms with E-state index in [-0.39, 0.29) is 24.9 Å². The van der Waals surface area contributed by atoms with E-state index in [1.807, 2.05) is 13.8 Å². The minimum absolute atomic E-state index is 0.0139. The zero-order chi connectivity index (χ0) is 12.8. The van der Waals surface area contributed by atoms with Gasteiger partial charge >= 0.3 is 5.97 Å². The average Bonchev–Trinajstić information content (AvgIpc) is 2.67. The van der Waals surface area contributed by atoms with Crippen LogP contribution < -0.4 is 0 Å². The summed E-state index contributed by atoms with van der Waals surface area (Å²) in [4.78, 5) is 27.6. The van der Waals surface area contributed by atoms with Gasteiger partial charge in [0, 0.05) is 6.54 Å². The molecule has 1 rings (SSSR count). The molecular formula is C10H16N4O3. The second kappa shape index (κ2) is 5.97. The van der Waals surface area contributed by atoms with Crippen LogP contribution in [0, 0.1) is 5.92 Å². The zero-order valence-corrected chi connectivity index (χ0v) is 9.91. The molecule has 0 spiro atoms. The van der Waals surface area contributed by atoms with Gasteiger partial charge in [0.2, 0.25) is 5.91 Å². The van der Waals surface area contributed by atoms with Crippen LogP contribution in [0.1, 0.15) is 13.8 Å². The topological polar surface area (TPSA) is 88.3 Å². The third-order valence-electron chi connectivity index (χ3n) is 2.03. The molecule has 0 aliphatic carbocycles. The van der Waals surface area contributed by atoms with Gasteiger partial charge in [-0.25, -0.2) is 9.67 Å². The van der Waals surface area contributed by atoms with E-state index < -0.39 is 5.97 Å². The van der Waals surface area contributed by atoms with Crippen molar-refractivity contribution in [2.75, 3.05) is 13.1 Å². The van der Waals surface area contributed by atoms with Gasteiger partial charge in [-0.05, 0) is 5.92 Å². The number of carbonyl (C=O) groups is 2. The molecule has 17 heavy (non-hydrogen) atoms. The van der Waals surface area contributed by atoms with Gasteiger partial charge in [0.05, 0.1) is 0 Å². The molecule has 94 valence electrons. The van der Waals surface area contributed by atoms with Crippen LogP contribution in [0.25, 0.3) is 0 Å². The lowest BCUT2D eigenvalue weighted by molar-refractivity contribution is -0.145. The van der Waals surface area contributed by atoms with Crippen molar-refractivity contribution in [2.45, 2.75) is 20.4 Å². The number of carbonyl (C=O) groups excluding carboxylic acids is 1. The number of amides is 1. The Morgan fingerprint density at radius 1 is 1.47 bits per heavy atom. The molecule has 0 bridgehead atoms. The van der Waals surface area contributed by atoms with Gasteiger partial charge in [0.15, 0.2) is 0 Å². The van der Waals surface area contributed by atoms with Gasteiger partial charge < -0.3 is 10.0 Å². The fourth-order valence-corrected chi connectivity index (χ4v) is 1.41. The van der Waals surface area contributed by atoms with E-state index in [9.17, 15) is 9.59 Å². The first-order chi connectivity index (χ1) is 7.99. The highest BCUT2D eigenvalue weighted by Crippen LogP contribution is 2.00. The van der Waals surface area contributed by atoms with E-state index in [2.05, 4.69) is 10.1 Å². The number of hydrogen-bond donors (Lipinski definition) is 1. The monoisotopic (exact) mass is 240 g/mol. The van der Waals surface area contributed by atoms with Crippen LogP contribution in [-0.2, 0) is 16.1 Å². The highest BCUT2D eigenvalue weighted by atomic mass is 16.4. The SMILES string of the molecule is CC(C)CN(CC(=O)O)C(=O)Cn1cncn1. The maximum atomic E-state index is 11.9. The van der Waals surface area contributed by atoms with Gasteiger partial charge in [0.25, 0.3) is 0 Å². The fraction of sp³-hybridized carbons (Fsp3) is 0.600. The van der Waals surface area contributed by atoms with Crippen molar-refractivity contribution < 1.29 is 14.7 Å². The number of nitrogens with zero attached hydrogens (tertiary/aromatic N) is 4. The van der Waals surface area contributed by atoms with Gasteiger partial charge in [0.1, 0.15) is 25.7 Å². The first kappa shape index (κ1) is 13.1. The van der Waals surface area contributed by atoms with Crippen LogP contribution in [0.2, 0.25) is 0 Å². The minimum Gasteiger partial charge on any atom is -0.480 e. The van der Waals surface area contributed by atoms with E-state index in [1.54, 1.807) is 0 Å². The summed E-state index contributed by atoms with van der Waals surface area (Å²) in [6, 6.07) is 0. The molecule has 1 heterocycles. The molecule has 1 amide bonds. The van der Waals surface area contributed by atoms with Crippen LogP contribution in [0.15, 0.2) is 12.7 Å². The third-order valence-corrected chi connectivity index (χ3v) is 2.03. The predicted molar refractivity (Wildman–Crippen MR) is 59.1 cm³/mol. The molecular weight excluding hydrogens is 224 g/mol. The van der Waals surface area contributed by atoms with Crippen LogP contribution in [0.4, 0.5) is 0 Å². The Bertz CT molecular complexity index is 375. The van der Waals surface area contributed by atoms with Gasteiger partial charge in [-0.2, -0.15) is 5.10 Å². The standard InChI is InChI=1S/C10H16N4O3/c1-8(2)3-13(5-10(16)17)9(15)4-14-7-11-6-12-14/h6-8H,3-5H2,1-2H3,(H,16,17). The Hall–Kier alpha value is -1.92. The molecule has 0 radical (unpaired) electrons. The molecule has 0 aliphatic rings. The molecule has 7 nitrogen and oxygen atoms in total. The highest BCUT2D eigenvalue weighted by molar-refractivity contribution is 5.81. The summed E-state index contributed by atoms with van der Waals surface area (Å²) in [5.41, 5.74) is 0. The molecule has 0 aliphatic heterocycles. The van der Waals surface area contributed by atoms with Crippen molar-refractivity contribution in [1.82, 2.24) is 19.7 Å². The van der Waals surface area contributed by atoms with Crippen molar-refractivity contribution in [3.63, 3.8) is 0 Å². The summed E-state index contributed by atoms with van der Waals surface area (Å²) in [7, 11) is 0. The quantitative estimate of drug-likeness (QED) is 0.746. The van der Waals surface area contributed by atoms with Gasteiger partial charge in [-0.15, -0.1) is 0 Å². The number of carboxylic acid groups (broad SMARTS) is 1. The predicted octanol–water partition coefficient (Wildman–Crippen LogP) is -0.153. The Morgan fingerprint density at radius 3 is 2.65 bits per heavy atom. The lowest BCUT2D eigenvalue weighted by Crippen LogP contribution is -2.40. The summed E-state index contributed by atoms with van der Waals surface area (Å²) in [5.74, 6) is -1.07. The van der Waals surface area contributed by atoms with Crippen LogP contribution >= 0.6 is 0 Å². The lowest BCUT2D eigenvalue weighted by atomic mass is 10.2. The Kier molecular flexibility index (Phi) is 4.62. The summed E-state index contributed by atoms with van der Waals surface area (Å²) in [5, 5.41) is 12.6. The molecule has 0 unspecified atom stereocenters. The van der Waals surface area contributed by atoms with Gasteiger partial charge in [-0.1, -0.05) is 13.8 Å². The molecule has 1 aromatic rings. The maximum Gasteiger partial charge on any atom is 0.323 e. The maximum absolute atomic E-state index is 11.9. The number of carboxylic acids is 1. The van der Waals surface area contributed by atoms with Crippen LogP contribution in [0.5, 0.6) is 0 Å². The number of aromatic nitrogens is 3. The van der Waals surface area contributed by atoms with Crippen molar-refractivity contribution in [1.29, 1.82) is 0 Å². The van der Waals surface area contributed by atoms with Crippen molar-refractivity contribution in [3.8, 4) is 0 Å². The lowest BCUT2D eigenvalue weighted by Gasteiger charge is -2.22. The van der Waals surface area contributed by atoms with Crippen LogP contribution in [-0.4, -0.2) is 49.7 Å². The zero-order valence-electron chi connectivity index (χ0n) is 9.91. The Labute approximate surface area is 99.1 Å². The molecule has 0 saturated heterocycles. The van der Waals surface area contributed by atoms with Gasteiger partial charge in [-0.3, -0.25) is 9.59 Å². The molecule has 0 atom stereocenters. The third kappa shape index (κ3) is 4.62. The highest BCUT2D eigenvalue weighted by Gasteiger charge is 2.18. The number of hydrogen-bond acceptors (Lipinski definition) is 4. The number of aliphatic carboxylic acids is 1. The summed E-state index contributed by atoms with van der Waals surface area (Å²) >= 11 is 0. The van der Waals surface area contributed by atoms with E-state index in [4.69, 9.17) is 5.11 Å². The molecule has 1 aromatic heterocycles. The van der Waals surface area contributed by atoms with E-state index in [0.29, 0.717) is 6.54 Å². The van der Waals surface area contributed by atoms with Crippen molar-refractivity contribution >= 4 is 11.9 Å². The normalized spacial score (nSPS) is 10.5. The summed E-state index contributed by atoms with van der Waals surface area (Å²) < 4.78 is 1.37. The second-order valence-electron chi connectivity index (χ2n) is 4.15. The fourth-order valence-electron chi connectivity index (χ4n) is 1.41. The minimum atomic E-state index is -1.02. The molecule has 0 saturated carbocycles. The van der Waals surface area contributed by atoms with Crippen molar-refractivity contribution in [2.24, 2.45) is 5.92 Å². The van der Waals surface area contributed by atoms with Crippen molar-refractivity contribution in [3.05, 3.63) is 12.7 Å². The molecule has 0 aromatic carbocycles. The number of rotatable bonds is 6. The largest absolute Gasteiger partial charge is 0.480 e. The smallest absolute Gasteiger partial charge is 0.323 e. The van der Waals surface area contributed by atoms with E-state index >= 15 is 0 Å². The first-order valence-corrected chi connectivity index (χ1v) is 5.31. The Balaban J connectivity index is 2.61. The average molecular weight is 240 g/mol. The van der Waals surface area contributed by atoms with Crippen LogP contribution in [0.3, 0.4) is 0 Å². The first-order valence-electron chi connectivity index (χ1n) is 5.31. The molecule has 1 N–H and O–H groups in total. The molecule has 0 fully saturated rings. The second-order valence-corrected chi connectivity index (χ2v) is 4.15. The van der Waals surface area contributed by atoms with E-state index in [0.717, 1.165) is 0 Å².